The molecule has 1 saturated heterocycles. The van der Waals surface area contributed by atoms with E-state index in [2.05, 4.69) is 25.4 Å². The number of sulfonamides is 1. The molecule has 0 aliphatic carbocycles. The Morgan fingerprint density at radius 3 is 2.37 bits per heavy atom. The van der Waals surface area contributed by atoms with Gasteiger partial charge in [-0.1, -0.05) is 19.4 Å². The van der Waals surface area contributed by atoms with Gasteiger partial charge >= 0.3 is 0 Å². The quantitative estimate of drug-likeness (QED) is 0.775. The monoisotopic (exact) mass is 390 g/mol. The normalized spacial score (nSPS) is 15.7. The van der Waals surface area contributed by atoms with Crippen molar-refractivity contribution in [1.82, 2.24) is 19.5 Å². The lowest BCUT2D eigenvalue weighted by Gasteiger charge is -2.34. The van der Waals surface area contributed by atoms with Crippen molar-refractivity contribution in [3.05, 3.63) is 36.0 Å². The number of hydrogen-bond acceptors (Lipinski definition) is 7. The van der Waals surface area contributed by atoms with Crippen LogP contribution in [0.15, 0.2) is 30.5 Å². The second-order valence-electron chi connectivity index (χ2n) is 6.68. The van der Waals surface area contributed by atoms with Crippen LogP contribution in [-0.4, -0.2) is 59.8 Å². The molecular weight excluding hydrogens is 364 g/mol. The topological polar surface area (TPSA) is 91.3 Å². The van der Waals surface area contributed by atoms with Crippen molar-refractivity contribution in [3.63, 3.8) is 0 Å². The standard InChI is InChI=1S/C18H26N6O2S/c1-3-4-13-27(25,26)24-11-9-23(10-12-24)18-8-7-17(21-22-18)20-16-6-5-15(2)14-19-16/h5-8,14H,3-4,9-13H2,1-2H3,(H,19,20,21). The summed E-state index contributed by atoms with van der Waals surface area (Å²) >= 11 is 0. The Morgan fingerprint density at radius 2 is 1.78 bits per heavy atom. The van der Waals surface area contributed by atoms with E-state index < -0.39 is 10.0 Å². The smallest absolute Gasteiger partial charge is 0.214 e. The first-order valence-electron chi connectivity index (χ1n) is 9.24. The van der Waals surface area contributed by atoms with E-state index >= 15 is 0 Å². The molecule has 1 aliphatic heterocycles. The molecule has 0 spiro atoms. The summed E-state index contributed by atoms with van der Waals surface area (Å²) in [5, 5.41) is 11.6. The lowest BCUT2D eigenvalue weighted by atomic mass is 10.3. The first-order valence-corrected chi connectivity index (χ1v) is 10.8. The number of aromatic nitrogens is 3. The molecule has 27 heavy (non-hydrogen) atoms. The van der Waals surface area contributed by atoms with E-state index in [4.69, 9.17) is 0 Å². The van der Waals surface area contributed by atoms with E-state index in [1.807, 2.05) is 38.1 Å². The number of anilines is 3. The molecule has 0 aromatic carbocycles. The van der Waals surface area contributed by atoms with Gasteiger partial charge in [0.2, 0.25) is 10.0 Å². The molecule has 3 rings (SSSR count). The van der Waals surface area contributed by atoms with Crippen molar-refractivity contribution in [2.45, 2.75) is 26.7 Å². The molecule has 0 atom stereocenters. The van der Waals surface area contributed by atoms with E-state index in [0.717, 1.165) is 17.8 Å². The largest absolute Gasteiger partial charge is 0.352 e. The zero-order valence-corrected chi connectivity index (χ0v) is 16.6. The number of piperazine rings is 1. The minimum atomic E-state index is -3.14. The summed E-state index contributed by atoms with van der Waals surface area (Å²) in [5.74, 6) is 2.32. The fourth-order valence-electron chi connectivity index (χ4n) is 2.88. The summed E-state index contributed by atoms with van der Waals surface area (Å²) in [5.41, 5.74) is 1.10. The Morgan fingerprint density at radius 1 is 1.04 bits per heavy atom. The van der Waals surface area contributed by atoms with Gasteiger partial charge in [-0.25, -0.2) is 13.4 Å². The van der Waals surface area contributed by atoms with Gasteiger partial charge in [-0.15, -0.1) is 10.2 Å². The van der Waals surface area contributed by atoms with E-state index in [9.17, 15) is 8.42 Å². The lowest BCUT2D eigenvalue weighted by Crippen LogP contribution is -2.49. The fraction of sp³-hybridized carbons (Fsp3) is 0.500. The van der Waals surface area contributed by atoms with Crippen LogP contribution in [0.4, 0.5) is 17.5 Å². The first-order chi connectivity index (χ1) is 13.0. The highest BCUT2D eigenvalue weighted by atomic mass is 32.2. The number of aryl methyl sites for hydroxylation is 1. The molecule has 0 amide bonds. The maximum absolute atomic E-state index is 12.3. The van der Waals surface area contributed by atoms with Crippen molar-refractivity contribution in [2.75, 3.05) is 42.1 Å². The zero-order valence-electron chi connectivity index (χ0n) is 15.8. The highest BCUT2D eigenvalue weighted by molar-refractivity contribution is 7.89. The second kappa shape index (κ2) is 8.62. The van der Waals surface area contributed by atoms with Gasteiger partial charge in [-0.3, -0.25) is 0 Å². The van der Waals surface area contributed by atoms with Crippen LogP contribution in [0.3, 0.4) is 0 Å². The van der Waals surface area contributed by atoms with Crippen LogP contribution in [0, 0.1) is 6.92 Å². The number of nitrogens with zero attached hydrogens (tertiary/aromatic N) is 5. The number of pyridine rings is 1. The molecule has 0 unspecified atom stereocenters. The van der Waals surface area contributed by atoms with Gasteiger partial charge in [-0.2, -0.15) is 4.31 Å². The second-order valence-corrected chi connectivity index (χ2v) is 8.77. The third kappa shape index (κ3) is 5.14. The Hall–Kier alpha value is -2.26. The average molecular weight is 391 g/mol. The SMILES string of the molecule is CCCCS(=O)(=O)N1CCN(c2ccc(Nc3ccc(C)cn3)nn2)CC1. The number of hydrogen-bond donors (Lipinski definition) is 1. The van der Waals surface area contributed by atoms with Crippen LogP contribution in [0.2, 0.25) is 0 Å². The van der Waals surface area contributed by atoms with Crippen molar-refractivity contribution >= 4 is 27.5 Å². The van der Waals surface area contributed by atoms with Gasteiger partial charge in [0.25, 0.3) is 0 Å². The molecule has 2 aromatic heterocycles. The van der Waals surface area contributed by atoms with Gasteiger partial charge in [0.1, 0.15) is 5.82 Å². The minimum absolute atomic E-state index is 0.233. The summed E-state index contributed by atoms with van der Waals surface area (Å²) in [6, 6.07) is 7.62. The van der Waals surface area contributed by atoms with Crippen LogP contribution >= 0.6 is 0 Å². The van der Waals surface area contributed by atoms with Gasteiger partial charge in [0.15, 0.2) is 11.6 Å². The maximum atomic E-state index is 12.3. The predicted octanol–water partition coefficient (Wildman–Crippen LogP) is 2.18. The summed E-state index contributed by atoms with van der Waals surface area (Å²) < 4.78 is 26.2. The molecule has 0 saturated carbocycles. The number of rotatable bonds is 7. The van der Waals surface area contributed by atoms with Crippen molar-refractivity contribution < 1.29 is 8.42 Å². The average Bonchev–Trinajstić information content (AvgIpc) is 2.69. The van der Waals surface area contributed by atoms with Gasteiger partial charge < -0.3 is 10.2 Å². The molecule has 0 bridgehead atoms. The molecule has 1 aliphatic rings. The van der Waals surface area contributed by atoms with Crippen LogP contribution in [0.25, 0.3) is 0 Å². The molecule has 1 N–H and O–H groups in total. The Labute approximate surface area is 160 Å². The van der Waals surface area contributed by atoms with E-state index in [-0.39, 0.29) is 5.75 Å². The number of unbranched alkanes of at least 4 members (excludes halogenated alkanes) is 1. The first kappa shape index (κ1) is 19.5. The zero-order chi connectivity index (χ0) is 19.3. The third-order valence-corrected chi connectivity index (χ3v) is 6.49. The molecule has 3 heterocycles. The van der Waals surface area contributed by atoms with Crippen LogP contribution in [0.5, 0.6) is 0 Å². The van der Waals surface area contributed by atoms with E-state index in [0.29, 0.717) is 44.2 Å². The van der Waals surface area contributed by atoms with Crippen LogP contribution < -0.4 is 10.2 Å². The fourth-order valence-corrected chi connectivity index (χ4v) is 4.52. The Bertz CT molecular complexity index is 831. The molecular formula is C18H26N6O2S. The Kier molecular flexibility index (Phi) is 6.22. The van der Waals surface area contributed by atoms with Crippen molar-refractivity contribution in [3.8, 4) is 0 Å². The highest BCUT2D eigenvalue weighted by Crippen LogP contribution is 2.18. The summed E-state index contributed by atoms with van der Waals surface area (Å²) in [6.45, 7) is 6.19. The molecule has 9 heteroatoms. The molecule has 0 radical (unpaired) electrons. The van der Waals surface area contributed by atoms with E-state index in [1.54, 1.807) is 10.5 Å². The van der Waals surface area contributed by atoms with Gasteiger partial charge in [-0.05, 0) is 37.1 Å². The third-order valence-electron chi connectivity index (χ3n) is 4.53. The van der Waals surface area contributed by atoms with Crippen molar-refractivity contribution in [1.29, 1.82) is 0 Å². The van der Waals surface area contributed by atoms with Gasteiger partial charge in [0, 0.05) is 32.4 Å². The summed E-state index contributed by atoms with van der Waals surface area (Å²) in [7, 11) is -3.14. The van der Waals surface area contributed by atoms with Crippen LogP contribution in [0.1, 0.15) is 25.3 Å². The minimum Gasteiger partial charge on any atom is -0.352 e. The summed E-state index contributed by atoms with van der Waals surface area (Å²) in [4.78, 5) is 6.35. The number of nitrogens with one attached hydrogen (secondary N) is 1. The predicted molar refractivity (Wildman–Crippen MR) is 107 cm³/mol. The van der Waals surface area contributed by atoms with Crippen molar-refractivity contribution in [2.24, 2.45) is 0 Å². The van der Waals surface area contributed by atoms with Gasteiger partial charge in [0.05, 0.1) is 5.75 Å². The molecule has 146 valence electrons. The van der Waals surface area contributed by atoms with Crippen LogP contribution in [-0.2, 0) is 10.0 Å². The molecule has 1 fully saturated rings. The maximum Gasteiger partial charge on any atom is 0.214 e. The molecule has 2 aromatic rings. The molecule has 8 nitrogen and oxygen atoms in total. The Balaban J connectivity index is 1.56. The van der Waals surface area contributed by atoms with E-state index in [1.165, 1.54) is 0 Å². The highest BCUT2D eigenvalue weighted by Gasteiger charge is 2.26. The lowest BCUT2D eigenvalue weighted by molar-refractivity contribution is 0.383. The summed E-state index contributed by atoms with van der Waals surface area (Å²) in [6.07, 6.45) is 3.38.